The Bertz CT molecular complexity index is 1320. The maximum absolute atomic E-state index is 12.7. The Morgan fingerprint density at radius 3 is 2.03 bits per heavy atom. The largest absolute Gasteiger partial charge is 0.416 e. The van der Waals surface area contributed by atoms with Crippen molar-refractivity contribution < 1.29 is 31.2 Å². The summed E-state index contributed by atoms with van der Waals surface area (Å²) in [5, 5.41) is 5.28. The minimum atomic E-state index is -4.49. The van der Waals surface area contributed by atoms with Gasteiger partial charge in [-0.3, -0.25) is 9.59 Å². The molecule has 172 valence electrons. The molecule has 0 saturated carbocycles. The summed E-state index contributed by atoms with van der Waals surface area (Å²) in [6.45, 7) is 1.69. The van der Waals surface area contributed by atoms with E-state index in [9.17, 15) is 31.2 Å². The van der Waals surface area contributed by atoms with Crippen molar-refractivity contribution in [1.29, 1.82) is 0 Å². The lowest BCUT2D eigenvalue weighted by Crippen LogP contribution is -2.15. The molecule has 2 N–H and O–H groups in total. The van der Waals surface area contributed by atoms with Crippen molar-refractivity contribution in [2.24, 2.45) is 0 Å². The van der Waals surface area contributed by atoms with Crippen molar-refractivity contribution in [2.75, 3.05) is 16.9 Å². The maximum Gasteiger partial charge on any atom is 0.416 e. The Morgan fingerprint density at radius 1 is 0.818 bits per heavy atom. The van der Waals surface area contributed by atoms with Gasteiger partial charge in [0, 0.05) is 28.8 Å². The van der Waals surface area contributed by atoms with E-state index in [0.717, 1.165) is 30.5 Å². The SMILES string of the molecule is Cc1cc(NC(=O)c2ccc(C(F)(F)F)cc2)ccc1NC(=O)c1cccc(S(C)(=O)=O)c1. The van der Waals surface area contributed by atoms with Crippen LogP contribution in [-0.4, -0.2) is 26.5 Å². The summed E-state index contributed by atoms with van der Waals surface area (Å²) in [5.74, 6) is -1.09. The highest BCUT2D eigenvalue weighted by molar-refractivity contribution is 7.90. The molecule has 0 aliphatic rings. The second-order valence-corrected chi connectivity index (χ2v) is 9.33. The molecule has 0 spiro atoms. The minimum absolute atomic E-state index is 0.0215. The van der Waals surface area contributed by atoms with Crippen LogP contribution < -0.4 is 10.6 Å². The number of hydrogen-bond donors (Lipinski definition) is 2. The molecule has 2 amide bonds. The van der Waals surface area contributed by atoms with Gasteiger partial charge in [0.2, 0.25) is 0 Å². The number of anilines is 2. The molecule has 0 aliphatic carbocycles. The maximum atomic E-state index is 12.7. The number of aryl methyl sites for hydroxylation is 1. The zero-order chi connectivity index (χ0) is 24.4. The first-order chi connectivity index (χ1) is 15.3. The molecule has 0 radical (unpaired) electrons. The summed E-state index contributed by atoms with van der Waals surface area (Å²) < 4.78 is 61.4. The molecule has 6 nitrogen and oxygen atoms in total. The number of alkyl halides is 3. The number of sulfone groups is 1. The van der Waals surface area contributed by atoms with Crippen LogP contribution in [0.15, 0.2) is 71.6 Å². The molecule has 0 aliphatic heterocycles. The first-order valence-electron chi connectivity index (χ1n) is 9.55. The molecule has 0 heterocycles. The number of rotatable bonds is 5. The lowest BCUT2D eigenvalue weighted by atomic mass is 10.1. The van der Waals surface area contributed by atoms with Crippen LogP contribution in [0.2, 0.25) is 0 Å². The van der Waals surface area contributed by atoms with Crippen molar-refractivity contribution in [3.8, 4) is 0 Å². The summed E-state index contributed by atoms with van der Waals surface area (Å²) in [7, 11) is -3.47. The average Bonchev–Trinajstić information content (AvgIpc) is 2.74. The van der Waals surface area contributed by atoms with Gasteiger partial charge in [-0.2, -0.15) is 13.2 Å². The fourth-order valence-electron chi connectivity index (χ4n) is 2.96. The van der Waals surface area contributed by atoms with Crippen molar-refractivity contribution in [3.05, 3.63) is 89.0 Å². The van der Waals surface area contributed by atoms with Gasteiger partial charge in [0.15, 0.2) is 9.84 Å². The Kier molecular flexibility index (Phi) is 6.59. The Hall–Kier alpha value is -3.66. The van der Waals surface area contributed by atoms with Gasteiger partial charge in [0.1, 0.15) is 0 Å². The zero-order valence-corrected chi connectivity index (χ0v) is 18.3. The number of nitrogens with one attached hydrogen (secondary N) is 2. The molecule has 0 saturated heterocycles. The fraction of sp³-hybridized carbons (Fsp3) is 0.130. The molecule has 33 heavy (non-hydrogen) atoms. The highest BCUT2D eigenvalue weighted by Crippen LogP contribution is 2.29. The summed E-state index contributed by atoms with van der Waals surface area (Å²) in [6, 6.07) is 14.1. The average molecular weight is 476 g/mol. The van der Waals surface area contributed by atoms with Crippen molar-refractivity contribution in [1.82, 2.24) is 0 Å². The predicted octanol–water partition coefficient (Wildman–Crippen LogP) is 4.92. The number of amides is 2. The van der Waals surface area contributed by atoms with Crippen LogP contribution in [-0.2, 0) is 16.0 Å². The first-order valence-corrected chi connectivity index (χ1v) is 11.4. The van der Waals surface area contributed by atoms with E-state index in [1.807, 2.05) is 0 Å². The smallest absolute Gasteiger partial charge is 0.322 e. The molecule has 0 bridgehead atoms. The van der Waals surface area contributed by atoms with E-state index >= 15 is 0 Å². The van der Waals surface area contributed by atoms with Crippen LogP contribution in [0.4, 0.5) is 24.5 Å². The molecule has 0 atom stereocenters. The van der Waals surface area contributed by atoms with Crippen molar-refractivity contribution in [2.45, 2.75) is 18.0 Å². The molecule has 10 heteroatoms. The van der Waals surface area contributed by atoms with Gasteiger partial charge in [0.05, 0.1) is 10.5 Å². The normalized spacial score (nSPS) is 11.7. The van der Waals surface area contributed by atoms with Crippen LogP contribution in [0, 0.1) is 6.92 Å². The highest BCUT2D eigenvalue weighted by atomic mass is 32.2. The van der Waals surface area contributed by atoms with Gasteiger partial charge in [-0.05, 0) is 73.2 Å². The third kappa shape index (κ3) is 5.98. The first kappa shape index (κ1) is 24.0. The Morgan fingerprint density at radius 2 is 1.45 bits per heavy atom. The molecule has 3 aromatic carbocycles. The number of carbonyl (C=O) groups excluding carboxylic acids is 2. The lowest BCUT2D eigenvalue weighted by Gasteiger charge is -2.12. The number of benzene rings is 3. The third-order valence-corrected chi connectivity index (χ3v) is 5.84. The molecular weight excluding hydrogens is 457 g/mol. The van der Waals surface area contributed by atoms with Gasteiger partial charge < -0.3 is 10.6 Å². The van der Waals surface area contributed by atoms with Crippen molar-refractivity contribution in [3.63, 3.8) is 0 Å². The second-order valence-electron chi connectivity index (χ2n) is 7.31. The summed E-state index contributed by atoms with van der Waals surface area (Å²) in [4.78, 5) is 24.9. The lowest BCUT2D eigenvalue weighted by molar-refractivity contribution is -0.137. The highest BCUT2D eigenvalue weighted by Gasteiger charge is 2.30. The number of carbonyl (C=O) groups is 2. The van der Waals surface area contributed by atoms with E-state index in [1.54, 1.807) is 19.1 Å². The quantitative estimate of drug-likeness (QED) is 0.547. The van der Waals surface area contributed by atoms with Gasteiger partial charge in [-0.25, -0.2) is 8.42 Å². The summed E-state index contributed by atoms with van der Waals surface area (Å²) >= 11 is 0. The van der Waals surface area contributed by atoms with Crippen LogP contribution in [0.3, 0.4) is 0 Å². The molecule has 3 aromatic rings. The van der Waals surface area contributed by atoms with Gasteiger partial charge in [-0.1, -0.05) is 6.07 Å². The molecule has 3 rings (SSSR count). The minimum Gasteiger partial charge on any atom is -0.322 e. The summed E-state index contributed by atoms with van der Waals surface area (Å²) in [5.41, 5.74) is 0.803. The molecule has 0 fully saturated rings. The number of halogens is 3. The van der Waals surface area contributed by atoms with Gasteiger partial charge in [0.25, 0.3) is 11.8 Å². The number of hydrogen-bond acceptors (Lipinski definition) is 4. The van der Waals surface area contributed by atoms with Crippen LogP contribution in [0.1, 0.15) is 31.8 Å². The third-order valence-electron chi connectivity index (χ3n) is 4.73. The monoisotopic (exact) mass is 476 g/mol. The topological polar surface area (TPSA) is 92.3 Å². The Balaban J connectivity index is 1.71. The standard InChI is InChI=1S/C23H19F3N2O4S/c1-14-12-18(27-21(29)15-6-8-17(9-7-15)23(24,25)26)10-11-20(14)28-22(30)16-4-3-5-19(13-16)33(2,31)32/h3-13H,1-2H3,(H,27,29)(H,28,30). The predicted molar refractivity (Wildman–Crippen MR) is 118 cm³/mol. The van der Waals surface area contributed by atoms with E-state index in [2.05, 4.69) is 10.6 Å². The Labute approximate surface area is 188 Å². The fourth-order valence-corrected chi connectivity index (χ4v) is 3.62. The van der Waals surface area contributed by atoms with Crippen LogP contribution in [0.5, 0.6) is 0 Å². The zero-order valence-electron chi connectivity index (χ0n) is 17.5. The van der Waals surface area contributed by atoms with E-state index in [4.69, 9.17) is 0 Å². The van der Waals surface area contributed by atoms with Crippen LogP contribution >= 0.6 is 0 Å². The van der Waals surface area contributed by atoms with E-state index in [0.29, 0.717) is 16.9 Å². The molecular formula is C23H19F3N2O4S. The van der Waals surface area contributed by atoms with Crippen LogP contribution in [0.25, 0.3) is 0 Å². The van der Waals surface area contributed by atoms with E-state index in [-0.39, 0.29) is 16.0 Å². The van der Waals surface area contributed by atoms with Gasteiger partial charge >= 0.3 is 6.18 Å². The second kappa shape index (κ2) is 9.07. The van der Waals surface area contributed by atoms with E-state index in [1.165, 1.54) is 30.3 Å². The molecule has 0 unspecified atom stereocenters. The van der Waals surface area contributed by atoms with Crippen molar-refractivity contribution >= 4 is 33.0 Å². The molecule has 0 aromatic heterocycles. The van der Waals surface area contributed by atoms with E-state index < -0.39 is 33.4 Å². The van der Waals surface area contributed by atoms with Gasteiger partial charge in [-0.15, -0.1) is 0 Å². The summed E-state index contributed by atoms with van der Waals surface area (Å²) in [6.07, 6.45) is -3.44.